The third kappa shape index (κ3) is 4.45. The molecule has 31 heavy (non-hydrogen) atoms. The van der Waals surface area contributed by atoms with Crippen LogP contribution < -0.4 is 4.90 Å². The number of halogens is 1. The van der Waals surface area contributed by atoms with Crippen molar-refractivity contribution in [2.45, 2.75) is 20.4 Å². The highest BCUT2D eigenvalue weighted by Crippen LogP contribution is 2.22. The van der Waals surface area contributed by atoms with Gasteiger partial charge in [0.05, 0.1) is 5.69 Å². The fourth-order valence-electron chi connectivity index (χ4n) is 3.64. The number of amides is 1. The molecular formula is C22H23FN6O2. The predicted octanol–water partition coefficient (Wildman–Crippen LogP) is 2.34. The van der Waals surface area contributed by atoms with E-state index in [1.807, 2.05) is 36.1 Å². The molecule has 2 aromatic carbocycles. The first-order valence-corrected chi connectivity index (χ1v) is 10.1. The van der Waals surface area contributed by atoms with E-state index < -0.39 is 5.82 Å². The first-order chi connectivity index (χ1) is 14.9. The van der Waals surface area contributed by atoms with E-state index in [9.17, 15) is 14.0 Å². The van der Waals surface area contributed by atoms with E-state index in [2.05, 4.69) is 15.4 Å². The number of tetrazole rings is 1. The number of anilines is 1. The van der Waals surface area contributed by atoms with Crippen LogP contribution in [-0.2, 0) is 11.3 Å². The number of piperazine rings is 1. The van der Waals surface area contributed by atoms with E-state index in [1.54, 1.807) is 17.0 Å². The third-order valence-electron chi connectivity index (χ3n) is 5.44. The molecule has 2 heterocycles. The summed E-state index contributed by atoms with van der Waals surface area (Å²) in [6, 6.07) is 12.2. The maximum atomic E-state index is 14.4. The molecule has 0 aliphatic carbocycles. The van der Waals surface area contributed by atoms with Crippen LogP contribution in [0.4, 0.5) is 10.1 Å². The van der Waals surface area contributed by atoms with Crippen LogP contribution in [0.5, 0.6) is 0 Å². The number of benzene rings is 2. The number of ketones is 1. The van der Waals surface area contributed by atoms with Gasteiger partial charge in [0, 0.05) is 37.3 Å². The van der Waals surface area contributed by atoms with Crippen LogP contribution >= 0.6 is 0 Å². The second-order valence-corrected chi connectivity index (χ2v) is 7.55. The minimum atomic E-state index is -0.428. The predicted molar refractivity (Wildman–Crippen MR) is 113 cm³/mol. The summed E-state index contributed by atoms with van der Waals surface area (Å²) in [7, 11) is 0. The molecule has 160 valence electrons. The van der Waals surface area contributed by atoms with Crippen molar-refractivity contribution in [1.29, 1.82) is 0 Å². The molecule has 0 saturated carbocycles. The number of aryl methyl sites for hydroxylation is 1. The topological polar surface area (TPSA) is 84.2 Å². The first-order valence-electron chi connectivity index (χ1n) is 10.1. The van der Waals surface area contributed by atoms with Crippen molar-refractivity contribution >= 4 is 17.4 Å². The number of hydrogen-bond donors (Lipinski definition) is 0. The fourth-order valence-corrected chi connectivity index (χ4v) is 3.64. The highest BCUT2D eigenvalue weighted by molar-refractivity contribution is 5.94. The Morgan fingerprint density at radius 1 is 1.06 bits per heavy atom. The minimum absolute atomic E-state index is 0.000546. The zero-order valence-electron chi connectivity index (χ0n) is 17.5. The minimum Gasteiger partial charge on any atom is -0.366 e. The molecule has 4 rings (SSSR count). The van der Waals surface area contributed by atoms with Crippen molar-refractivity contribution in [3.63, 3.8) is 0 Å². The Bertz CT molecular complexity index is 1120. The molecule has 0 radical (unpaired) electrons. The van der Waals surface area contributed by atoms with Gasteiger partial charge < -0.3 is 9.80 Å². The molecule has 1 amide bonds. The van der Waals surface area contributed by atoms with Crippen molar-refractivity contribution < 1.29 is 14.0 Å². The summed E-state index contributed by atoms with van der Waals surface area (Å²) in [6.45, 7) is 5.31. The number of nitrogens with zero attached hydrogens (tertiary/aromatic N) is 6. The molecule has 0 N–H and O–H groups in total. The SMILES string of the molecule is CC(=O)c1ccc(N2CCN(C(=O)Cn3nnc(-c4ccccc4C)n3)CC2)c(F)c1. The summed E-state index contributed by atoms with van der Waals surface area (Å²) in [5.41, 5.74) is 2.71. The van der Waals surface area contributed by atoms with Crippen LogP contribution in [0.3, 0.4) is 0 Å². The molecule has 0 bridgehead atoms. The maximum absolute atomic E-state index is 14.4. The standard InChI is InChI=1S/C22H23FN6O2/c1-15-5-3-4-6-18(15)22-24-26-29(25-22)14-21(31)28-11-9-27(10-12-28)20-8-7-17(16(2)30)13-19(20)23/h3-8,13H,9-12,14H2,1-2H3. The Balaban J connectivity index is 1.36. The Morgan fingerprint density at radius 2 is 1.81 bits per heavy atom. The average Bonchev–Trinajstić information content (AvgIpc) is 3.22. The van der Waals surface area contributed by atoms with E-state index in [1.165, 1.54) is 17.8 Å². The number of carbonyl (C=O) groups excluding carboxylic acids is 2. The van der Waals surface area contributed by atoms with Crippen LogP contribution in [0.2, 0.25) is 0 Å². The average molecular weight is 422 g/mol. The Kier molecular flexibility index (Phi) is 5.75. The monoisotopic (exact) mass is 422 g/mol. The van der Waals surface area contributed by atoms with Gasteiger partial charge in [0.25, 0.3) is 0 Å². The molecule has 0 unspecified atom stereocenters. The van der Waals surface area contributed by atoms with Crippen molar-refractivity contribution in [3.8, 4) is 11.4 Å². The Hall–Kier alpha value is -3.62. The van der Waals surface area contributed by atoms with Crippen LogP contribution in [0.15, 0.2) is 42.5 Å². The van der Waals surface area contributed by atoms with Crippen LogP contribution in [-0.4, -0.2) is 63.0 Å². The lowest BCUT2D eigenvalue weighted by Crippen LogP contribution is -2.50. The summed E-state index contributed by atoms with van der Waals surface area (Å²) in [5.74, 6) is -0.225. The van der Waals surface area contributed by atoms with Gasteiger partial charge in [-0.3, -0.25) is 9.59 Å². The molecule has 1 aliphatic rings. The normalized spacial score (nSPS) is 14.0. The second kappa shape index (κ2) is 8.63. The van der Waals surface area contributed by atoms with Crippen molar-refractivity contribution in [3.05, 3.63) is 59.4 Å². The first kappa shape index (κ1) is 20.6. The number of rotatable bonds is 5. The number of aromatic nitrogens is 4. The van der Waals surface area contributed by atoms with Gasteiger partial charge in [-0.25, -0.2) is 4.39 Å². The molecule has 1 saturated heterocycles. The van der Waals surface area contributed by atoms with Gasteiger partial charge in [-0.1, -0.05) is 24.3 Å². The summed E-state index contributed by atoms with van der Waals surface area (Å²) in [4.78, 5) is 29.0. The van der Waals surface area contributed by atoms with Gasteiger partial charge in [-0.15, -0.1) is 10.2 Å². The van der Waals surface area contributed by atoms with Gasteiger partial charge >= 0.3 is 0 Å². The lowest BCUT2D eigenvalue weighted by Gasteiger charge is -2.36. The lowest BCUT2D eigenvalue weighted by molar-refractivity contribution is -0.132. The van der Waals surface area contributed by atoms with Gasteiger partial charge in [0.15, 0.2) is 5.78 Å². The van der Waals surface area contributed by atoms with Gasteiger partial charge in [0.1, 0.15) is 12.4 Å². The highest BCUT2D eigenvalue weighted by atomic mass is 19.1. The van der Waals surface area contributed by atoms with Crippen molar-refractivity contribution in [2.24, 2.45) is 0 Å². The smallest absolute Gasteiger partial charge is 0.246 e. The van der Waals surface area contributed by atoms with E-state index in [0.717, 1.165) is 11.1 Å². The van der Waals surface area contributed by atoms with Crippen molar-refractivity contribution in [1.82, 2.24) is 25.1 Å². The van der Waals surface area contributed by atoms with Gasteiger partial charge in [-0.2, -0.15) is 4.80 Å². The van der Waals surface area contributed by atoms with Crippen LogP contribution in [0.25, 0.3) is 11.4 Å². The second-order valence-electron chi connectivity index (χ2n) is 7.55. The zero-order valence-corrected chi connectivity index (χ0v) is 17.5. The number of carbonyl (C=O) groups is 2. The molecule has 9 heteroatoms. The fraction of sp³-hybridized carbons (Fsp3) is 0.318. The Labute approximate surface area is 179 Å². The van der Waals surface area contributed by atoms with E-state index in [-0.39, 0.29) is 18.2 Å². The zero-order chi connectivity index (χ0) is 22.0. The summed E-state index contributed by atoms with van der Waals surface area (Å²) >= 11 is 0. The third-order valence-corrected chi connectivity index (χ3v) is 5.44. The van der Waals surface area contributed by atoms with E-state index >= 15 is 0 Å². The molecule has 3 aromatic rings. The van der Waals surface area contributed by atoms with E-state index in [0.29, 0.717) is 43.3 Å². The summed E-state index contributed by atoms with van der Waals surface area (Å²) < 4.78 is 14.4. The highest BCUT2D eigenvalue weighted by Gasteiger charge is 2.24. The Morgan fingerprint density at radius 3 is 2.48 bits per heavy atom. The quantitative estimate of drug-likeness (QED) is 0.587. The van der Waals surface area contributed by atoms with Crippen LogP contribution in [0.1, 0.15) is 22.8 Å². The molecule has 0 atom stereocenters. The molecule has 1 aliphatic heterocycles. The summed E-state index contributed by atoms with van der Waals surface area (Å²) in [6.07, 6.45) is 0. The molecular weight excluding hydrogens is 399 g/mol. The summed E-state index contributed by atoms with van der Waals surface area (Å²) in [5, 5.41) is 12.4. The lowest BCUT2D eigenvalue weighted by atomic mass is 10.1. The van der Waals surface area contributed by atoms with E-state index in [4.69, 9.17) is 0 Å². The molecule has 1 fully saturated rings. The molecule has 8 nitrogen and oxygen atoms in total. The van der Waals surface area contributed by atoms with Crippen LogP contribution in [0, 0.1) is 12.7 Å². The van der Waals surface area contributed by atoms with Gasteiger partial charge in [0.2, 0.25) is 11.7 Å². The van der Waals surface area contributed by atoms with Gasteiger partial charge in [-0.05, 0) is 42.8 Å². The molecule has 0 spiro atoms. The maximum Gasteiger partial charge on any atom is 0.246 e. The number of hydrogen-bond acceptors (Lipinski definition) is 6. The molecule has 1 aromatic heterocycles. The van der Waals surface area contributed by atoms with Crippen molar-refractivity contribution in [2.75, 3.05) is 31.1 Å². The number of Topliss-reactive ketones (excluding diaryl/α,β-unsaturated/α-hetero) is 1. The largest absolute Gasteiger partial charge is 0.366 e.